The molecule has 2 aliphatic rings. The summed E-state index contributed by atoms with van der Waals surface area (Å²) in [5, 5.41) is 7.95. The molecule has 2 aliphatic heterocycles. The van der Waals surface area contributed by atoms with Gasteiger partial charge in [-0.1, -0.05) is 37.6 Å². The molecule has 1 aromatic carbocycles. The van der Waals surface area contributed by atoms with E-state index in [0.29, 0.717) is 36.2 Å². The van der Waals surface area contributed by atoms with Crippen molar-refractivity contribution in [2.45, 2.75) is 51.2 Å². The van der Waals surface area contributed by atoms with E-state index in [2.05, 4.69) is 56.5 Å². The summed E-state index contributed by atoms with van der Waals surface area (Å²) in [4.78, 5) is 11.4. The average Bonchev–Trinajstić information content (AvgIpc) is 3.45. The quantitative estimate of drug-likeness (QED) is 0.552. The highest BCUT2D eigenvalue weighted by molar-refractivity contribution is 5.59. The molecule has 0 radical (unpaired) electrons. The van der Waals surface area contributed by atoms with Crippen LogP contribution in [0.5, 0.6) is 6.01 Å². The Morgan fingerprint density at radius 3 is 2.77 bits per heavy atom. The van der Waals surface area contributed by atoms with E-state index in [1.807, 2.05) is 6.20 Å². The first kappa shape index (κ1) is 19.3. The third-order valence-electron chi connectivity index (χ3n) is 6.07. The molecule has 8 heteroatoms. The minimum absolute atomic E-state index is 0.299. The van der Waals surface area contributed by atoms with Gasteiger partial charge < -0.3 is 15.8 Å². The van der Waals surface area contributed by atoms with Gasteiger partial charge in [0, 0.05) is 38.1 Å². The standard InChI is InChI=1S/C22H29N7O/c1-2-3-8-30-22-26-20(23)21-25-18(14-29(21)27-22)9-15-4-6-16(7-5-15)12-28-13-17-10-19(28)11-24-17/h4-7,14,17,19,24H,2-3,8-13H2,1H3,(H2,23,26,27)/t17-,19-/m0/s1. The summed E-state index contributed by atoms with van der Waals surface area (Å²) < 4.78 is 7.26. The third kappa shape index (κ3) is 3.97. The number of benzene rings is 1. The van der Waals surface area contributed by atoms with Crippen LogP contribution in [0.4, 0.5) is 5.82 Å². The zero-order chi connectivity index (χ0) is 20.5. The van der Waals surface area contributed by atoms with E-state index in [-0.39, 0.29) is 0 Å². The minimum Gasteiger partial charge on any atom is -0.462 e. The summed E-state index contributed by atoms with van der Waals surface area (Å²) >= 11 is 0. The highest BCUT2D eigenvalue weighted by Crippen LogP contribution is 2.25. The minimum atomic E-state index is 0.299. The normalized spacial score (nSPS) is 21.0. The molecule has 2 bridgehead atoms. The van der Waals surface area contributed by atoms with E-state index in [1.165, 1.54) is 24.1 Å². The van der Waals surface area contributed by atoms with Crippen LogP contribution < -0.4 is 15.8 Å². The van der Waals surface area contributed by atoms with Gasteiger partial charge in [0.25, 0.3) is 0 Å². The maximum absolute atomic E-state index is 6.07. The number of ether oxygens (including phenoxy) is 1. The number of nitrogen functional groups attached to an aromatic ring is 1. The van der Waals surface area contributed by atoms with Crippen LogP contribution in [-0.4, -0.2) is 56.3 Å². The second kappa shape index (κ2) is 8.20. The largest absolute Gasteiger partial charge is 0.462 e. The lowest BCUT2D eigenvalue weighted by atomic mass is 10.1. The predicted octanol–water partition coefficient (Wildman–Crippen LogP) is 2.02. The van der Waals surface area contributed by atoms with Gasteiger partial charge in [-0.3, -0.25) is 4.90 Å². The SMILES string of the molecule is CCCCOc1nc(N)c2nc(Cc3ccc(CN4C[C@@H]5C[C@H]4CN5)cc3)cn2n1. The molecule has 3 N–H and O–H groups in total. The number of fused-ring (bicyclic) bond motifs is 3. The van der Waals surface area contributed by atoms with Crippen molar-refractivity contribution in [1.82, 2.24) is 29.8 Å². The molecule has 5 rings (SSSR count). The van der Waals surface area contributed by atoms with Crippen molar-refractivity contribution in [3.05, 3.63) is 47.3 Å². The van der Waals surface area contributed by atoms with Crippen LogP contribution in [-0.2, 0) is 13.0 Å². The molecule has 3 aromatic rings. The number of nitrogens with two attached hydrogens (primary N) is 1. The molecule has 158 valence electrons. The topological polar surface area (TPSA) is 93.6 Å². The summed E-state index contributed by atoms with van der Waals surface area (Å²) in [6, 6.07) is 10.6. The number of hydrogen-bond donors (Lipinski definition) is 2. The average molecular weight is 408 g/mol. The number of hydrogen-bond acceptors (Lipinski definition) is 7. The number of anilines is 1. The number of nitrogens with zero attached hydrogens (tertiary/aromatic N) is 5. The lowest BCUT2D eigenvalue weighted by Crippen LogP contribution is -2.42. The number of likely N-dealkylation sites (tertiary alicyclic amines) is 1. The smallest absolute Gasteiger partial charge is 0.336 e. The monoisotopic (exact) mass is 407 g/mol. The maximum atomic E-state index is 6.07. The molecule has 0 saturated carbocycles. The zero-order valence-corrected chi connectivity index (χ0v) is 17.4. The molecular weight excluding hydrogens is 378 g/mol. The summed E-state index contributed by atoms with van der Waals surface area (Å²) in [5.74, 6) is 0.340. The molecule has 2 fully saturated rings. The Hall–Kier alpha value is -2.71. The number of rotatable bonds is 8. The van der Waals surface area contributed by atoms with Crippen LogP contribution in [0.2, 0.25) is 0 Å². The molecular formula is C22H29N7O. The van der Waals surface area contributed by atoms with Crippen LogP contribution in [0.1, 0.15) is 43.0 Å². The Bertz CT molecular complexity index is 1020. The fraction of sp³-hybridized carbons (Fsp3) is 0.500. The Morgan fingerprint density at radius 2 is 2.03 bits per heavy atom. The lowest BCUT2D eigenvalue weighted by Gasteiger charge is -2.27. The van der Waals surface area contributed by atoms with Gasteiger partial charge in [0.15, 0.2) is 11.5 Å². The lowest BCUT2D eigenvalue weighted by molar-refractivity contribution is 0.218. The van der Waals surface area contributed by atoms with Gasteiger partial charge in [0.05, 0.1) is 18.5 Å². The fourth-order valence-corrected chi connectivity index (χ4v) is 4.44. The molecule has 0 amide bonds. The summed E-state index contributed by atoms with van der Waals surface area (Å²) in [5.41, 5.74) is 10.1. The van der Waals surface area contributed by atoms with E-state index < -0.39 is 0 Å². The van der Waals surface area contributed by atoms with Gasteiger partial charge in [-0.25, -0.2) is 9.50 Å². The van der Waals surface area contributed by atoms with Crippen LogP contribution in [0.15, 0.2) is 30.5 Å². The Balaban J connectivity index is 1.25. The van der Waals surface area contributed by atoms with Gasteiger partial charge >= 0.3 is 6.01 Å². The molecule has 2 aromatic heterocycles. The first-order valence-corrected chi connectivity index (χ1v) is 10.9. The molecule has 2 atom stereocenters. The molecule has 8 nitrogen and oxygen atoms in total. The van der Waals surface area contributed by atoms with Crippen LogP contribution in [0, 0.1) is 0 Å². The Kier molecular flexibility index (Phi) is 5.26. The molecule has 30 heavy (non-hydrogen) atoms. The maximum Gasteiger partial charge on any atom is 0.336 e. The second-order valence-electron chi connectivity index (χ2n) is 8.40. The van der Waals surface area contributed by atoms with E-state index in [1.54, 1.807) is 4.52 Å². The van der Waals surface area contributed by atoms with Crippen molar-refractivity contribution in [3.8, 4) is 6.01 Å². The number of nitrogens with one attached hydrogen (secondary N) is 1. The highest BCUT2D eigenvalue weighted by atomic mass is 16.5. The molecule has 4 heterocycles. The van der Waals surface area contributed by atoms with E-state index >= 15 is 0 Å². The van der Waals surface area contributed by atoms with Gasteiger partial charge in [0.1, 0.15) is 0 Å². The molecule has 0 unspecified atom stereocenters. The number of imidazole rings is 1. The van der Waals surface area contributed by atoms with E-state index in [0.717, 1.165) is 38.0 Å². The Labute approximate surface area is 176 Å². The van der Waals surface area contributed by atoms with Gasteiger partial charge in [0.2, 0.25) is 0 Å². The van der Waals surface area contributed by atoms with Crippen molar-refractivity contribution in [1.29, 1.82) is 0 Å². The summed E-state index contributed by atoms with van der Waals surface area (Å²) in [6.07, 6.45) is 5.95. The van der Waals surface area contributed by atoms with Gasteiger partial charge in [-0.05, 0) is 24.0 Å². The predicted molar refractivity (Wildman–Crippen MR) is 115 cm³/mol. The highest BCUT2D eigenvalue weighted by Gasteiger charge is 2.37. The third-order valence-corrected chi connectivity index (χ3v) is 6.07. The molecule has 0 spiro atoms. The van der Waals surface area contributed by atoms with Crippen molar-refractivity contribution in [2.24, 2.45) is 0 Å². The second-order valence-corrected chi connectivity index (χ2v) is 8.40. The molecule has 2 saturated heterocycles. The van der Waals surface area contributed by atoms with Crippen molar-refractivity contribution < 1.29 is 4.74 Å². The molecule has 0 aliphatic carbocycles. The van der Waals surface area contributed by atoms with Crippen molar-refractivity contribution in [3.63, 3.8) is 0 Å². The van der Waals surface area contributed by atoms with Crippen LogP contribution >= 0.6 is 0 Å². The number of unbranched alkanes of at least 4 members (excludes halogenated alkanes) is 1. The van der Waals surface area contributed by atoms with Crippen molar-refractivity contribution in [2.75, 3.05) is 25.4 Å². The van der Waals surface area contributed by atoms with E-state index in [4.69, 9.17) is 10.5 Å². The van der Waals surface area contributed by atoms with Crippen LogP contribution in [0.3, 0.4) is 0 Å². The first-order valence-electron chi connectivity index (χ1n) is 10.9. The fourth-order valence-electron chi connectivity index (χ4n) is 4.44. The van der Waals surface area contributed by atoms with E-state index in [9.17, 15) is 0 Å². The van der Waals surface area contributed by atoms with Gasteiger partial charge in [-0.15, -0.1) is 5.10 Å². The zero-order valence-electron chi connectivity index (χ0n) is 17.4. The van der Waals surface area contributed by atoms with Gasteiger partial charge in [-0.2, -0.15) is 4.98 Å². The summed E-state index contributed by atoms with van der Waals surface area (Å²) in [7, 11) is 0. The van der Waals surface area contributed by atoms with Crippen LogP contribution in [0.25, 0.3) is 5.65 Å². The summed E-state index contributed by atoms with van der Waals surface area (Å²) in [6.45, 7) is 6.04. The first-order chi connectivity index (χ1) is 14.7. The number of aromatic nitrogens is 4. The number of piperazine rings is 1. The Morgan fingerprint density at radius 1 is 1.20 bits per heavy atom. The van der Waals surface area contributed by atoms with Crippen molar-refractivity contribution >= 4 is 11.5 Å².